The summed E-state index contributed by atoms with van der Waals surface area (Å²) >= 11 is 0. The molecular weight excluding hydrogens is 260 g/mol. The molecule has 1 N–H and O–H groups in total. The highest BCUT2D eigenvalue weighted by molar-refractivity contribution is 7.92. The first kappa shape index (κ1) is 15.3. The smallest absolute Gasteiger partial charge is 0.153 e. The van der Waals surface area contributed by atoms with E-state index in [9.17, 15) is 8.42 Å². The minimum absolute atomic E-state index is 0.250. The summed E-state index contributed by atoms with van der Waals surface area (Å²) in [7, 11) is -3.02. The van der Waals surface area contributed by atoms with Gasteiger partial charge in [-0.25, -0.2) is 8.42 Å². The van der Waals surface area contributed by atoms with Crippen LogP contribution < -0.4 is 5.32 Å². The predicted molar refractivity (Wildman–Crippen MR) is 79.2 cm³/mol. The van der Waals surface area contributed by atoms with Gasteiger partial charge in [0.1, 0.15) is 0 Å². The lowest BCUT2D eigenvalue weighted by Crippen LogP contribution is -2.64. The maximum absolute atomic E-state index is 11.9. The van der Waals surface area contributed by atoms with E-state index in [1.54, 1.807) is 0 Å². The molecular formula is C14H28N2O2S. The molecule has 0 bridgehead atoms. The second-order valence-corrected chi connectivity index (χ2v) is 9.80. The largest absolute Gasteiger partial charge is 0.308 e. The number of sulfone groups is 1. The predicted octanol–water partition coefficient (Wildman–Crippen LogP) is 1.42. The Balaban J connectivity index is 2.10. The molecule has 0 aromatic rings. The third-order valence-electron chi connectivity index (χ3n) is 5.05. The van der Waals surface area contributed by atoms with Crippen molar-refractivity contribution in [2.24, 2.45) is 0 Å². The Morgan fingerprint density at radius 1 is 1.32 bits per heavy atom. The number of nitrogens with one attached hydrogen (secondary N) is 1. The van der Waals surface area contributed by atoms with Crippen LogP contribution in [0.4, 0.5) is 0 Å². The van der Waals surface area contributed by atoms with Crippen molar-refractivity contribution in [3.8, 4) is 0 Å². The van der Waals surface area contributed by atoms with Gasteiger partial charge in [0.25, 0.3) is 0 Å². The Morgan fingerprint density at radius 2 is 1.89 bits per heavy atom. The van der Waals surface area contributed by atoms with Crippen molar-refractivity contribution in [3.05, 3.63) is 0 Å². The molecule has 2 aliphatic rings. The molecule has 1 saturated heterocycles. The molecule has 2 rings (SSSR count). The summed E-state index contributed by atoms with van der Waals surface area (Å²) in [5.41, 5.74) is 0.250. The average molecular weight is 288 g/mol. The lowest BCUT2D eigenvalue weighted by molar-refractivity contribution is 0.0820. The van der Waals surface area contributed by atoms with E-state index >= 15 is 0 Å². The molecule has 1 spiro atoms. The van der Waals surface area contributed by atoms with Gasteiger partial charge >= 0.3 is 0 Å². The Kier molecular flexibility index (Phi) is 4.02. The maximum Gasteiger partial charge on any atom is 0.153 e. The first-order valence-corrected chi connectivity index (χ1v) is 9.23. The summed E-state index contributed by atoms with van der Waals surface area (Å²) in [6.07, 6.45) is 6.41. The van der Waals surface area contributed by atoms with Gasteiger partial charge in [0.05, 0.1) is 4.75 Å². The fraction of sp³-hybridized carbons (Fsp3) is 1.00. The van der Waals surface area contributed by atoms with Crippen molar-refractivity contribution in [1.29, 1.82) is 0 Å². The molecule has 4 nitrogen and oxygen atoms in total. The first-order chi connectivity index (χ1) is 8.65. The van der Waals surface area contributed by atoms with E-state index in [-0.39, 0.29) is 5.54 Å². The molecule has 1 aliphatic heterocycles. The van der Waals surface area contributed by atoms with Crippen LogP contribution in [0.15, 0.2) is 0 Å². The van der Waals surface area contributed by atoms with Gasteiger partial charge in [0, 0.05) is 37.5 Å². The van der Waals surface area contributed by atoms with Gasteiger partial charge in [-0.2, -0.15) is 0 Å². The molecule has 19 heavy (non-hydrogen) atoms. The third-order valence-corrected chi connectivity index (χ3v) is 7.19. The number of hydrogen-bond acceptors (Lipinski definition) is 4. The fourth-order valence-corrected chi connectivity index (χ4v) is 3.70. The van der Waals surface area contributed by atoms with Crippen molar-refractivity contribution in [1.82, 2.24) is 10.2 Å². The highest BCUT2D eigenvalue weighted by atomic mass is 32.2. The monoisotopic (exact) mass is 288 g/mol. The number of hydrogen-bond donors (Lipinski definition) is 1. The van der Waals surface area contributed by atoms with Crippen LogP contribution in [0, 0.1) is 0 Å². The van der Waals surface area contributed by atoms with Gasteiger partial charge in [0.15, 0.2) is 9.84 Å². The molecule has 1 unspecified atom stereocenters. The molecule has 1 saturated carbocycles. The first-order valence-electron chi connectivity index (χ1n) is 7.34. The van der Waals surface area contributed by atoms with Crippen LogP contribution in [0.25, 0.3) is 0 Å². The molecule has 0 aromatic heterocycles. The maximum atomic E-state index is 11.9. The molecule has 0 radical (unpaired) electrons. The van der Waals surface area contributed by atoms with Crippen molar-refractivity contribution in [2.75, 3.05) is 25.9 Å². The van der Waals surface area contributed by atoms with E-state index in [0.717, 1.165) is 13.1 Å². The highest BCUT2D eigenvalue weighted by Crippen LogP contribution is 2.34. The second kappa shape index (κ2) is 5.01. The van der Waals surface area contributed by atoms with Crippen LogP contribution >= 0.6 is 0 Å². The van der Waals surface area contributed by atoms with E-state index < -0.39 is 14.6 Å². The minimum Gasteiger partial charge on any atom is -0.308 e. The molecule has 2 fully saturated rings. The van der Waals surface area contributed by atoms with Crippen molar-refractivity contribution < 1.29 is 8.42 Å². The zero-order valence-corrected chi connectivity index (χ0v) is 13.5. The Morgan fingerprint density at radius 3 is 2.42 bits per heavy atom. The molecule has 112 valence electrons. The standard InChI is InChI=1S/C14H28N2O2S/c1-12-9-15-14(7-5-6-8-14)11-16(12)10-13(2,3)19(4,17)18/h12,15H,5-11H2,1-4H3. The minimum atomic E-state index is -3.02. The van der Waals surface area contributed by atoms with Crippen LogP contribution in [0.1, 0.15) is 46.5 Å². The van der Waals surface area contributed by atoms with Crippen molar-refractivity contribution in [2.45, 2.75) is 62.8 Å². The molecule has 5 heteroatoms. The molecule has 1 aliphatic carbocycles. The lowest BCUT2D eigenvalue weighted by atomic mass is 9.92. The van der Waals surface area contributed by atoms with Crippen LogP contribution in [0.2, 0.25) is 0 Å². The van der Waals surface area contributed by atoms with Crippen molar-refractivity contribution >= 4 is 9.84 Å². The van der Waals surface area contributed by atoms with Gasteiger partial charge in [-0.05, 0) is 33.6 Å². The van der Waals surface area contributed by atoms with Crippen LogP contribution in [0.3, 0.4) is 0 Å². The van der Waals surface area contributed by atoms with E-state index in [1.165, 1.54) is 31.9 Å². The highest BCUT2D eigenvalue weighted by Gasteiger charge is 2.42. The number of nitrogens with zero attached hydrogens (tertiary/aromatic N) is 1. The normalized spacial score (nSPS) is 28.9. The van der Waals surface area contributed by atoms with Gasteiger partial charge < -0.3 is 5.32 Å². The van der Waals surface area contributed by atoms with Crippen molar-refractivity contribution in [3.63, 3.8) is 0 Å². The van der Waals surface area contributed by atoms with E-state index in [0.29, 0.717) is 12.6 Å². The molecule has 1 heterocycles. The van der Waals surface area contributed by atoms with Crippen LogP contribution in [0.5, 0.6) is 0 Å². The summed E-state index contributed by atoms with van der Waals surface area (Å²) in [5.74, 6) is 0. The molecule has 1 atom stereocenters. The summed E-state index contributed by atoms with van der Waals surface area (Å²) in [6, 6.07) is 0.409. The van der Waals surface area contributed by atoms with Gasteiger partial charge in [-0.1, -0.05) is 12.8 Å². The lowest BCUT2D eigenvalue weighted by Gasteiger charge is -2.47. The summed E-state index contributed by atoms with van der Waals surface area (Å²) in [5, 5.41) is 3.71. The number of rotatable bonds is 3. The average Bonchev–Trinajstić information content (AvgIpc) is 2.70. The van der Waals surface area contributed by atoms with Crippen LogP contribution in [-0.2, 0) is 9.84 Å². The quantitative estimate of drug-likeness (QED) is 0.853. The van der Waals surface area contributed by atoms with E-state index in [2.05, 4.69) is 17.1 Å². The van der Waals surface area contributed by atoms with Crippen LogP contribution in [-0.4, -0.2) is 55.5 Å². The molecule has 0 amide bonds. The number of piperazine rings is 1. The Bertz CT molecular complexity index is 425. The molecule has 0 aromatic carbocycles. The van der Waals surface area contributed by atoms with Gasteiger partial charge in [0.2, 0.25) is 0 Å². The second-order valence-electron chi connectivity index (χ2n) is 7.15. The summed E-state index contributed by atoms with van der Waals surface area (Å²) in [4.78, 5) is 2.38. The SMILES string of the molecule is CC1CNC2(CCCC2)CN1CC(C)(C)S(C)(=O)=O. The zero-order chi connectivity index (χ0) is 14.3. The fourth-order valence-electron chi connectivity index (χ4n) is 3.30. The van der Waals surface area contributed by atoms with Gasteiger partial charge in [-0.3, -0.25) is 4.90 Å². The van der Waals surface area contributed by atoms with E-state index in [1.807, 2.05) is 13.8 Å². The third kappa shape index (κ3) is 3.14. The Hall–Kier alpha value is -0.130. The topological polar surface area (TPSA) is 49.4 Å². The zero-order valence-electron chi connectivity index (χ0n) is 12.7. The van der Waals surface area contributed by atoms with E-state index in [4.69, 9.17) is 0 Å². The summed E-state index contributed by atoms with van der Waals surface area (Å²) < 4.78 is 23.1. The van der Waals surface area contributed by atoms with Gasteiger partial charge in [-0.15, -0.1) is 0 Å². The summed E-state index contributed by atoms with van der Waals surface area (Å²) in [6.45, 7) is 8.48. The Labute approximate surface area is 117 Å².